The number of carbonyl (C=O) groups excluding carboxylic acids is 2. The Bertz CT molecular complexity index is 1060. The second kappa shape index (κ2) is 6.76. The Morgan fingerprint density at radius 2 is 1.96 bits per heavy atom. The van der Waals surface area contributed by atoms with Crippen molar-refractivity contribution in [2.45, 2.75) is 13.3 Å². The van der Waals surface area contributed by atoms with Crippen molar-refractivity contribution in [3.05, 3.63) is 65.7 Å². The van der Waals surface area contributed by atoms with E-state index in [0.717, 1.165) is 22.0 Å². The molecule has 1 aliphatic heterocycles. The molecular formula is C22H20N2O3. The predicted octanol–water partition coefficient (Wildman–Crippen LogP) is 4.01. The largest absolute Gasteiger partial charge is 0.493 e. The van der Waals surface area contributed by atoms with Gasteiger partial charge in [-0.1, -0.05) is 30.3 Å². The fourth-order valence-electron chi connectivity index (χ4n) is 3.50. The van der Waals surface area contributed by atoms with Crippen LogP contribution in [0.2, 0.25) is 0 Å². The number of hydrogen-bond acceptors (Lipinski definition) is 3. The smallest absolute Gasteiger partial charge is 0.260 e. The third kappa shape index (κ3) is 3.01. The molecular weight excluding hydrogens is 340 g/mol. The van der Waals surface area contributed by atoms with Gasteiger partial charge in [-0.15, -0.1) is 0 Å². The first-order valence-electron chi connectivity index (χ1n) is 8.94. The summed E-state index contributed by atoms with van der Waals surface area (Å²) >= 11 is 0. The predicted molar refractivity (Wildman–Crippen MR) is 107 cm³/mol. The van der Waals surface area contributed by atoms with E-state index in [1.807, 2.05) is 61.5 Å². The molecule has 5 nitrogen and oxygen atoms in total. The Balaban J connectivity index is 1.71. The fraction of sp³-hybridized carbons (Fsp3) is 0.182. The number of anilines is 2. The molecule has 0 fully saturated rings. The molecule has 0 atom stereocenters. The zero-order chi connectivity index (χ0) is 19.0. The molecule has 0 saturated heterocycles. The number of fused-ring (bicyclic) bond motifs is 2. The van der Waals surface area contributed by atoms with Gasteiger partial charge in [0.25, 0.3) is 5.91 Å². The van der Waals surface area contributed by atoms with Crippen molar-refractivity contribution in [1.29, 1.82) is 0 Å². The van der Waals surface area contributed by atoms with E-state index in [2.05, 4.69) is 5.32 Å². The number of carbonyl (C=O) groups is 2. The number of benzene rings is 3. The third-order valence-corrected chi connectivity index (χ3v) is 4.83. The zero-order valence-electron chi connectivity index (χ0n) is 15.3. The van der Waals surface area contributed by atoms with Gasteiger partial charge in [-0.3, -0.25) is 9.59 Å². The molecule has 4 rings (SSSR count). The van der Waals surface area contributed by atoms with Gasteiger partial charge in [0.1, 0.15) is 5.75 Å². The molecule has 1 heterocycles. The van der Waals surface area contributed by atoms with Crippen molar-refractivity contribution in [1.82, 2.24) is 0 Å². The second-order valence-corrected chi connectivity index (χ2v) is 6.52. The maximum Gasteiger partial charge on any atom is 0.260 e. The van der Waals surface area contributed by atoms with Gasteiger partial charge < -0.3 is 15.0 Å². The maximum atomic E-state index is 13.1. The van der Waals surface area contributed by atoms with Crippen LogP contribution in [0, 0.1) is 0 Å². The van der Waals surface area contributed by atoms with Crippen LogP contribution in [0.25, 0.3) is 10.8 Å². The molecule has 3 aromatic rings. The summed E-state index contributed by atoms with van der Waals surface area (Å²) in [7, 11) is 1.76. The SMILES string of the molecule is CCOc1ccc2ccccc2c1C(=O)Nc1ccc2c(c1)CC(=O)N2C. The molecule has 0 bridgehead atoms. The quantitative estimate of drug-likeness (QED) is 0.765. The lowest BCUT2D eigenvalue weighted by molar-refractivity contribution is -0.117. The summed E-state index contributed by atoms with van der Waals surface area (Å²) in [6, 6.07) is 17.1. The van der Waals surface area contributed by atoms with E-state index in [0.29, 0.717) is 30.0 Å². The highest BCUT2D eigenvalue weighted by molar-refractivity contribution is 6.15. The minimum atomic E-state index is -0.229. The van der Waals surface area contributed by atoms with Crippen LogP contribution in [0.4, 0.5) is 11.4 Å². The van der Waals surface area contributed by atoms with Crippen molar-refractivity contribution >= 4 is 34.0 Å². The highest BCUT2D eigenvalue weighted by Gasteiger charge is 2.24. The average molecular weight is 360 g/mol. The molecule has 0 radical (unpaired) electrons. The lowest BCUT2D eigenvalue weighted by Crippen LogP contribution is -2.20. The Morgan fingerprint density at radius 1 is 1.15 bits per heavy atom. The van der Waals surface area contributed by atoms with Gasteiger partial charge in [-0.2, -0.15) is 0 Å². The lowest BCUT2D eigenvalue weighted by atomic mass is 10.0. The van der Waals surface area contributed by atoms with Gasteiger partial charge in [-0.05, 0) is 47.5 Å². The van der Waals surface area contributed by atoms with Crippen LogP contribution < -0.4 is 15.0 Å². The Kier molecular flexibility index (Phi) is 4.28. The summed E-state index contributed by atoms with van der Waals surface area (Å²) in [5, 5.41) is 4.78. The van der Waals surface area contributed by atoms with E-state index in [9.17, 15) is 9.59 Å². The van der Waals surface area contributed by atoms with E-state index in [4.69, 9.17) is 4.74 Å². The van der Waals surface area contributed by atoms with Gasteiger partial charge >= 0.3 is 0 Å². The molecule has 0 unspecified atom stereocenters. The fourth-order valence-corrected chi connectivity index (χ4v) is 3.50. The van der Waals surface area contributed by atoms with Gasteiger partial charge in [0.2, 0.25) is 5.91 Å². The molecule has 1 N–H and O–H groups in total. The van der Waals surface area contributed by atoms with Crippen LogP contribution >= 0.6 is 0 Å². The first kappa shape index (κ1) is 17.1. The molecule has 2 amide bonds. The number of likely N-dealkylation sites (N-methyl/N-ethyl adjacent to an activating group) is 1. The Hall–Kier alpha value is -3.34. The van der Waals surface area contributed by atoms with Gasteiger partial charge in [0, 0.05) is 18.4 Å². The van der Waals surface area contributed by atoms with Crippen molar-refractivity contribution < 1.29 is 14.3 Å². The van der Waals surface area contributed by atoms with E-state index < -0.39 is 0 Å². The first-order chi connectivity index (χ1) is 13.1. The van der Waals surface area contributed by atoms with Crippen molar-refractivity contribution in [2.75, 3.05) is 23.9 Å². The maximum absolute atomic E-state index is 13.1. The molecule has 136 valence electrons. The summed E-state index contributed by atoms with van der Waals surface area (Å²) in [4.78, 5) is 26.6. The molecule has 0 spiro atoms. The molecule has 27 heavy (non-hydrogen) atoms. The Labute approximate surface area is 157 Å². The van der Waals surface area contributed by atoms with E-state index in [1.54, 1.807) is 11.9 Å². The monoisotopic (exact) mass is 360 g/mol. The minimum Gasteiger partial charge on any atom is -0.493 e. The van der Waals surface area contributed by atoms with Crippen LogP contribution in [-0.2, 0) is 11.2 Å². The highest BCUT2D eigenvalue weighted by atomic mass is 16.5. The molecule has 0 aromatic heterocycles. The normalized spacial score (nSPS) is 13.0. The third-order valence-electron chi connectivity index (χ3n) is 4.83. The molecule has 0 saturated carbocycles. The van der Waals surface area contributed by atoms with E-state index in [-0.39, 0.29) is 11.8 Å². The van der Waals surface area contributed by atoms with Crippen LogP contribution in [0.15, 0.2) is 54.6 Å². The molecule has 1 aliphatic rings. The second-order valence-electron chi connectivity index (χ2n) is 6.52. The van der Waals surface area contributed by atoms with E-state index >= 15 is 0 Å². The molecule has 5 heteroatoms. The van der Waals surface area contributed by atoms with Gasteiger partial charge in [0.15, 0.2) is 0 Å². The van der Waals surface area contributed by atoms with Crippen molar-refractivity contribution in [3.63, 3.8) is 0 Å². The van der Waals surface area contributed by atoms with Crippen LogP contribution in [0.5, 0.6) is 5.75 Å². The minimum absolute atomic E-state index is 0.0566. The number of ether oxygens (including phenoxy) is 1. The van der Waals surface area contributed by atoms with Gasteiger partial charge in [-0.25, -0.2) is 0 Å². The highest BCUT2D eigenvalue weighted by Crippen LogP contribution is 2.32. The first-order valence-corrected chi connectivity index (χ1v) is 8.94. The number of amides is 2. The number of nitrogens with one attached hydrogen (secondary N) is 1. The number of rotatable bonds is 4. The summed E-state index contributed by atoms with van der Waals surface area (Å²) in [6.45, 7) is 2.37. The lowest BCUT2D eigenvalue weighted by Gasteiger charge is -2.14. The molecule has 0 aliphatic carbocycles. The Morgan fingerprint density at radius 3 is 2.78 bits per heavy atom. The topological polar surface area (TPSA) is 58.6 Å². The van der Waals surface area contributed by atoms with Crippen LogP contribution in [0.3, 0.4) is 0 Å². The van der Waals surface area contributed by atoms with Gasteiger partial charge in [0.05, 0.1) is 18.6 Å². The summed E-state index contributed by atoms with van der Waals surface area (Å²) in [5.74, 6) is 0.388. The van der Waals surface area contributed by atoms with Crippen LogP contribution in [0.1, 0.15) is 22.8 Å². The van der Waals surface area contributed by atoms with E-state index in [1.165, 1.54) is 0 Å². The van der Waals surface area contributed by atoms with Crippen molar-refractivity contribution in [3.8, 4) is 5.75 Å². The van der Waals surface area contributed by atoms with Crippen LogP contribution in [-0.4, -0.2) is 25.5 Å². The zero-order valence-corrected chi connectivity index (χ0v) is 15.3. The standard InChI is InChI=1S/C22H20N2O3/c1-3-27-19-11-8-14-6-4-5-7-17(14)21(19)22(26)23-16-9-10-18-15(12-16)13-20(25)24(18)2/h4-12H,3,13H2,1-2H3,(H,23,26). The number of hydrogen-bond donors (Lipinski definition) is 1. The summed E-state index contributed by atoms with van der Waals surface area (Å²) in [6.07, 6.45) is 0.355. The van der Waals surface area contributed by atoms with Crippen molar-refractivity contribution in [2.24, 2.45) is 0 Å². The summed E-state index contributed by atoms with van der Waals surface area (Å²) < 4.78 is 5.69. The average Bonchev–Trinajstić information content (AvgIpc) is 2.95. The summed E-state index contributed by atoms with van der Waals surface area (Å²) in [5.41, 5.74) is 2.99. The molecule has 3 aromatic carbocycles. The number of nitrogens with zero attached hydrogens (tertiary/aromatic N) is 1.